The van der Waals surface area contributed by atoms with E-state index in [1.165, 1.54) is 13.2 Å². The summed E-state index contributed by atoms with van der Waals surface area (Å²) in [5, 5.41) is 0. The van der Waals surface area contributed by atoms with Gasteiger partial charge in [0, 0.05) is 38.4 Å². The van der Waals surface area contributed by atoms with E-state index in [1.807, 2.05) is 0 Å². The molecule has 1 fully saturated rings. The summed E-state index contributed by atoms with van der Waals surface area (Å²) in [5.74, 6) is -0.333. The second-order valence-electron chi connectivity index (χ2n) is 4.77. The maximum absolute atomic E-state index is 13.6. The summed E-state index contributed by atoms with van der Waals surface area (Å²) >= 11 is 0. The van der Waals surface area contributed by atoms with E-state index >= 15 is 0 Å². The molecule has 0 N–H and O–H groups in total. The van der Waals surface area contributed by atoms with Crippen molar-refractivity contribution in [2.45, 2.75) is 13.0 Å². The van der Waals surface area contributed by atoms with E-state index in [2.05, 4.69) is 28.8 Å². The Morgan fingerprint density at radius 3 is 2.56 bits per heavy atom. The predicted octanol–water partition coefficient (Wildman–Crippen LogP) is 1.54. The molecule has 18 heavy (non-hydrogen) atoms. The van der Waals surface area contributed by atoms with E-state index in [4.69, 9.17) is 4.74 Å². The molecule has 0 aromatic carbocycles. The molecule has 2 heterocycles. The second kappa shape index (κ2) is 5.63. The Morgan fingerprint density at radius 1 is 1.33 bits per heavy atom. The first-order valence-corrected chi connectivity index (χ1v) is 6.24. The van der Waals surface area contributed by atoms with Gasteiger partial charge in [-0.15, -0.1) is 0 Å². The van der Waals surface area contributed by atoms with Crippen LogP contribution in [-0.4, -0.2) is 55.1 Å². The molecule has 0 amide bonds. The largest absolute Gasteiger partial charge is 0.479 e. The molecule has 5 heteroatoms. The molecular weight excluding hydrogens is 233 g/mol. The Bertz CT molecular complexity index is 405. The summed E-state index contributed by atoms with van der Waals surface area (Å²) in [6.07, 6.45) is 1.70. The fourth-order valence-electron chi connectivity index (χ4n) is 2.24. The smallest absolute Gasteiger partial charge is 0.250 e. The van der Waals surface area contributed by atoms with E-state index in [1.54, 1.807) is 6.20 Å². The maximum atomic E-state index is 13.6. The molecule has 0 bridgehead atoms. The summed E-state index contributed by atoms with van der Waals surface area (Å²) in [5.41, 5.74) is 0.901. The van der Waals surface area contributed by atoms with Gasteiger partial charge in [-0.2, -0.15) is 0 Å². The monoisotopic (exact) mass is 253 g/mol. The Kier molecular flexibility index (Phi) is 4.14. The van der Waals surface area contributed by atoms with Crippen molar-refractivity contribution in [2.75, 3.05) is 40.3 Å². The van der Waals surface area contributed by atoms with Crippen LogP contribution in [0.25, 0.3) is 0 Å². The Labute approximate surface area is 107 Å². The number of piperazine rings is 1. The van der Waals surface area contributed by atoms with Crippen molar-refractivity contribution in [3.63, 3.8) is 0 Å². The highest BCUT2D eigenvalue weighted by molar-refractivity contribution is 5.22. The number of ether oxygens (including phenoxy) is 1. The lowest BCUT2D eigenvalue weighted by molar-refractivity contribution is 0.118. The number of nitrogens with zero attached hydrogens (tertiary/aromatic N) is 3. The van der Waals surface area contributed by atoms with Crippen LogP contribution in [0, 0.1) is 5.82 Å². The summed E-state index contributed by atoms with van der Waals surface area (Å²) < 4.78 is 18.5. The third-order valence-corrected chi connectivity index (χ3v) is 3.59. The fraction of sp³-hybridized carbons (Fsp3) is 0.615. The first-order valence-electron chi connectivity index (χ1n) is 6.24. The summed E-state index contributed by atoms with van der Waals surface area (Å²) in [6.45, 7) is 6.21. The van der Waals surface area contributed by atoms with Crippen molar-refractivity contribution in [2.24, 2.45) is 0 Å². The van der Waals surface area contributed by atoms with Crippen LogP contribution in [0.1, 0.15) is 18.5 Å². The van der Waals surface area contributed by atoms with Gasteiger partial charge >= 0.3 is 0 Å². The minimum absolute atomic E-state index is 0.0596. The van der Waals surface area contributed by atoms with Gasteiger partial charge in [0.25, 0.3) is 0 Å². The highest BCUT2D eigenvalue weighted by atomic mass is 19.1. The van der Waals surface area contributed by atoms with Crippen molar-refractivity contribution >= 4 is 0 Å². The topological polar surface area (TPSA) is 28.6 Å². The molecule has 1 aromatic rings. The molecule has 1 aliphatic rings. The van der Waals surface area contributed by atoms with E-state index in [0.29, 0.717) is 0 Å². The van der Waals surface area contributed by atoms with Crippen molar-refractivity contribution in [3.8, 4) is 5.88 Å². The number of methoxy groups -OCH3 is 1. The molecule has 2 rings (SSSR count). The SMILES string of the molecule is COc1ncc(C(C)N2CCN(C)CC2)cc1F. The van der Waals surface area contributed by atoms with Gasteiger partial charge in [-0.05, 0) is 25.6 Å². The molecule has 0 saturated carbocycles. The quantitative estimate of drug-likeness (QED) is 0.817. The van der Waals surface area contributed by atoms with Gasteiger partial charge in [0.2, 0.25) is 5.88 Å². The van der Waals surface area contributed by atoms with Crippen LogP contribution in [-0.2, 0) is 0 Å². The van der Waals surface area contributed by atoms with Crippen LogP contribution in [0.2, 0.25) is 0 Å². The van der Waals surface area contributed by atoms with Crippen molar-refractivity contribution in [1.82, 2.24) is 14.8 Å². The van der Waals surface area contributed by atoms with Gasteiger partial charge in [-0.1, -0.05) is 0 Å². The lowest BCUT2D eigenvalue weighted by Gasteiger charge is -2.36. The van der Waals surface area contributed by atoms with E-state index in [0.717, 1.165) is 31.7 Å². The predicted molar refractivity (Wildman–Crippen MR) is 68.2 cm³/mol. The zero-order valence-electron chi connectivity index (χ0n) is 11.2. The van der Waals surface area contributed by atoms with Gasteiger partial charge in [0.1, 0.15) is 0 Å². The van der Waals surface area contributed by atoms with Crippen LogP contribution < -0.4 is 4.74 Å². The average Bonchev–Trinajstić information content (AvgIpc) is 2.38. The molecule has 0 radical (unpaired) electrons. The molecule has 1 saturated heterocycles. The third-order valence-electron chi connectivity index (χ3n) is 3.59. The molecule has 4 nitrogen and oxygen atoms in total. The summed E-state index contributed by atoms with van der Waals surface area (Å²) in [6, 6.07) is 1.71. The van der Waals surface area contributed by atoms with Crippen molar-refractivity contribution < 1.29 is 9.13 Å². The zero-order valence-corrected chi connectivity index (χ0v) is 11.2. The van der Waals surface area contributed by atoms with Crippen LogP contribution in [0.15, 0.2) is 12.3 Å². The standard InChI is InChI=1S/C13H20FN3O/c1-10(17-6-4-16(2)5-7-17)11-8-12(14)13(18-3)15-9-11/h8-10H,4-7H2,1-3H3. The minimum Gasteiger partial charge on any atom is -0.479 e. The van der Waals surface area contributed by atoms with Crippen LogP contribution in [0.3, 0.4) is 0 Å². The van der Waals surface area contributed by atoms with Crippen LogP contribution >= 0.6 is 0 Å². The van der Waals surface area contributed by atoms with Gasteiger partial charge in [0.15, 0.2) is 5.82 Å². The zero-order chi connectivity index (χ0) is 13.1. The number of aromatic nitrogens is 1. The van der Waals surface area contributed by atoms with Crippen LogP contribution in [0.5, 0.6) is 5.88 Å². The fourth-order valence-corrected chi connectivity index (χ4v) is 2.24. The summed E-state index contributed by atoms with van der Waals surface area (Å²) in [4.78, 5) is 8.65. The average molecular weight is 253 g/mol. The van der Waals surface area contributed by atoms with E-state index in [9.17, 15) is 4.39 Å². The number of rotatable bonds is 3. The molecule has 100 valence electrons. The molecule has 1 unspecified atom stereocenters. The van der Waals surface area contributed by atoms with Crippen molar-refractivity contribution in [1.29, 1.82) is 0 Å². The lowest BCUT2D eigenvalue weighted by Crippen LogP contribution is -2.45. The summed E-state index contributed by atoms with van der Waals surface area (Å²) in [7, 11) is 3.55. The number of pyridine rings is 1. The first-order chi connectivity index (χ1) is 8.61. The first kappa shape index (κ1) is 13.2. The third kappa shape index (κ3) is 2.79. The molecule has 1 aliphatic heterocycles. The molecule has 0 spiro atoms. The molecule has 1 atom stereocenters. The highest BCUT2D eigenvalue weighted by Crippen LogP contribution is 2.24. The maximum Gasteiger partial charge on any atom is 0.250 e. The lowest BCUT2D eigenvalue weighted by atomic mass is 10.1. The van der Waals surface area contributed by atoms with Crippen molar-refractivity contribution in [3.05, 3.63) is 23.6 Å². The molecule has 0 aliphatic carbocycles. The van der Waals surface area contributed by atoms with Gasteiger partial charge in [-0.3, -0.25) is 4.90 Å². The normalized spacial score (nSPS) is 19.8. The van der Waals surface area contributed by atoms with E-state index < -0.39 is 5.82 Å². The van der Waals surface area contributed by atoms with E-state index in [-0.39, 0.29) is 11.9 Å². The Balaban J connectivity index is 2.08. The minimum atomic E-state index is -0.393. The number of hydrogen-bond acceptors (Lipinski definition) is 4. The van der Waals surface area contributed by atoms with Gasteiger partial charge < -0.3 is 9.64 Å². The van der Waals surface area contributed by atoms with Crippen LogP contribution in [0.4, 0.5) is 4.39 Å². The number of halogens is 1. The molecular formula is C13H20FN3O. The Morgan fingerprint density at radius 2 is 2.00 bits per heavy atom. The van der Waals surface area contributed by atoms with Gasteiger partial charge in [-0.25, -0.2) is 9.37 Å². The highest BCUT2D eigenvalue weighted by Gasteiger charge is 2.21. The number of likely N-dealkylation sites (N-methyl/N-ethyl adjacent to an activating group) is 1. The second-order valence-corrected chi connectivity index (χ2v) is 4.77. The Hall–Kier alpha value is -1.20. The molecule has 1 aromatic heterocycles. The van der Waals surface area contributed by atoms with Gasteiger partial charge in [0.05, 0.1) is 7.11 Å². The number of hydrogen-bond donors (Lipinski definition) is 0.